The number of thiazole rings is 1. The van der Waals surface area contributed by atoms with Gasteiger partial charge in [-0.25, -0.2) is 4.98 Å². The molecule has 0 radical (unpaired) electrons. The van der Waals surface area contributed by atoms with Gasteiger partial charge in [-0.15, -0.1) is 0 Å². The van der Waals surface area contributed by atoms with Gasteiger partial charge in [-0.1, -0.05) is 56.4 Å². The number of anilines is 1. The number of carbonyl (C=O) groups is 1. The van der Waals surface area contributed by atoms with E-state index in [-0.39, 0.29) is 11.3 Å². The van der Waals surface area contributed by atoms with Gasteiger partial charge in [0, 0.05) is 22.7 Å². The van der Waals surface area contributed by atoms with Gasteiger partial charge in [0.05, 0.1) is 0 Å². The number of ether oxygens (including phenoxy) is 1. The zero-order valence-electron chi connectivity index (χ0n) is 16.7. The molecule has 8 heteroatoms. The molecule has 0 fully saturated rings. The lowest BCUT2D eigenvalue weighted by Gasteiger charge is -2.18. The first-order valence-electron chi connectivity index (χ1n) is 9.32. The molecule has 0 aliphatic carbocycles. The third-order valence-corrected chi connectivity index (χ3v) is 5.79. The molecule has 1 N–H and O–H groups in total. The second-order valence-electron chi connectivity index (χ2n) is 7.63. The molecule has 2 aromatic heterocycles. The molecule has 6 nitrogen and oxygen atoms in total. The molecule has 30 heavy (non-hydrogen) atoms. The molecule has 152 valence electrons. The lowest BCUT2D eigenvalue weighted by molar-refractivity contribution is 0.102. The van der Waals surface area contributed by atoms with Crippen LogP contribution >= 0.6 is 22.9 Å². The highest BCUT2D eigenvalue weighted by atomic mass is 32.1. The van der Waals surface area contributed by atoms with Crippen molar-refractivity contribution in [3.8, 4) is 21.5 Å². The van der Waals surface area contributed by atoms with Crippen molar-refractivity contribution in [2.24, 2.45) is 0 Å². The minimum Gasteiger partial charge on any atom is -0.431 e. The largest absolute Gasteiger partial charge is 0.431 e. The molecule has 2 heterocycles. The van der Waals surface area contributed by atoms with Crippen LogP contribution in [0.2, 0.25) is 0 Å². The van der Waals surface area contributed by atoms with Crippen molar-refractivity contribution >= 4 is 34.7 Å². The molecule has 0 unspecified atom stereocenters. The first kappa shape index (κ1) is 20.2. The Labute approximate surface area is 182 Å². The van der Waals surface area contributed by atoms with Crippen molar-refractivity contribution in [1.29, 1.82) is 0 Å². The average molecular weight is 437 g/mol. The van der Waals surface area contributed by atoms with Crippen LogP contribution in [0.3, 0.4) is 0 Å². The molecule has 4 rings (SSSR count). The lowest BCUT2D eigenvalue weighted by Crippen LogP contribution is -2.12. The lowest BCUT2D eigenvalue weighted by atomic mass is 9.87. The molecule has 0 aliphatic rings. The molecule has 0 spiro atoms. The van der Waals surface area contributed by atoms with E-state index in [1.165, 1.54) is 28.4 Å². The van der Waals surface area contributed by atoms with Gasteiger partial charge in [0.2, 0.25) is 5.95 Å². The highest BCUT2D eigenvalue weighted by Gasteiger charge is 2.15. The van der Waals surface area contributed by atoms with Crippen LogP contribution in [0.15, 0.2) is 60.1 Å². The molecule has 0 bridgehead atoms. The summed E-state index contributed by atoms with van der Waals surface area (Å²) in [7, 11) is 0. The zero-order chi connectivity index (χ0) is 21.1. The molecule has 0 aliphatic heterocycles. The van der Waals surface area contributed by atoms with E-state index in [1.54, 1.807) is 30.5 Å². The normalized spacial score (nSPS) is 11.3. The summed E-state index contributed by atoms with van der Waals surface area (Å²) in [5.74, 6) is 0.639. The van der Waals surface area contributed by atoms with Crippen LogP contribution < -0.4 is 10.1 Å². The van der Waals surface area contributed by atoms with Crippen molar-refractivity contribution in [2.45, 2.75) is 26.2 Å². The van der Waals surface area contributed by atoms with E-state index >= 15 is 0 Å². The molecule has 0 atom stereocenters. The minimum absolute atomic E-state index is 0.0969. The van der Waals surface area contributed by atoms with Gasteiger partial charge in [0.15, 0.2) is 0 Å². The Morgan fingerprint density at radius 1 is 1.03 bits per heavy atom. The smallest absolute Gasteiger partial charge is 0.278 e. The highest BCUT2D eigenvalue weighted by Crippen LogP contribution is 2.28. The van der Waals surface area contributed by atoms with Crippen LogP contribution in [0.1, 0.15) is 36.7 Å². The van der Waals surface area contributed by atoms with E-state index in [0.29, 0.717) is 22.5 Å². The molecule has 1 amide bonds. The Morgan fingerprint density at radius 2 is 1.77 bits per heavy atom. The summed E-state index contributed by atoms with van der Waals surface area (Å²) in [5.41, 5.74) is 2.82. The molecule has 4 aromatic rings. The zero-order valence-corrected chi connectivity index (χ0v) is 18.4. The van der Waals surface area contributed by atoms with E-state index in [0.717, 1.165) is 10.6 Å². The minimum atomic E-state index is -0.275. The number of amides is 1. The fourth-order valence-electron chi connectivity index (χ4n) is 2.71. The summed E-state index contributed by atoms with van der Waals surface area (Å²) < 4.78 is 9.87. The highest BCUT2D eigenvalue weighted by molar-refractivity contribution is 7.11. The van der Waals surface area contributed by atoms with Crippen LogP contribution in [-0.4, -0.2) is 20.2 Å². The standard InChI is InChI=1S/C22H20N4O2S2/c1-22(2,3)16-8-4-15(5-9-16)19-25-20(26-30-19)24-18(27)14-6-10-17(11-7-14)28-21-23-12-13-29-21/h4-13H,1-3H3,(H,24,26,27). The van der Waals surface area contributed by atoms with Crippen LogP contribution in [-0.2, 0) is 5.41 Å². The Hall–Kier alpha value is -3.10. The number of rotatable bonds is 5. The van der Waals surface area contributed by atoms with E-state index in [1.807, 2.05) is 17.5 Å². The third-order valence-electron chi connectivity index (χ3n) is 4.38. The van der Waals surface area contributed by atoms with Gasteiger partial charge in [0.1, 0.15) is 10.8 Å². The Kier molecular flexibility index (Phi) is 5.61. The molecule has 0 saturated heterocycles. The summed E-state index contributed by atoms with van der Waals surface area (Å²) in [6.45, 7) is 6.54. The van der Waals surface area contributed by atoms with Crippen LogP contribution in [0.25, 0.3) is 10.6 Å². The summed E-state index contributed by atoms with van der Waals surface area (Å²) >= 11 is 2.66. The maximum atomic E-state index is 12.5. The molecule has 0 saturated carbocycles. The summed E-state index contributed by atoms with van der Waals surface area (Å²) in [5, 5.41) is 5.91. The SMILES string of the molecule is CC(C)(C)c1ccc(-c2nc(NC(=O)c3ccc(Oc4nccs4)cc3)ns2)cc1. The van der Waals surface area contributed by atoms with Gasteiger partial charge < -0.3 is 4.74 Å². The fraction of sp³-hybridized carbons (Fsp3) is 0.182. The monoisotopic (exact) mass is 436 g/mol. The number of nitrogens with one attached hydrogen (secondary N) is 1. The van der Waals surface area contributed by atoms with Crippen LogP contribution in [0.4, 0.5) is 5.95 Å². The van der Waals surface area contributed by atoms with Crippen LogP contribution in [0, 0.1) is 0 Å². The van der Waals surface area contributed by atoms with Gasteiger partial charge in [-0.3, -0.25) is 10.1 Å². The number of benzene rings is 2. The maximum absolute atomic E-state index is 12.5. The Balaban J connectivity index is 1.41. The third kappa shape index (κ3) is 4.72. The summed E-state index contributed by atoms with van der Waals surface area (Å²) in [6.07, 6.45) is 1.68. The van der Waals surface area contributed by atoms with Gasteiger partial charge in [-0.05, 0) is 46.8 Å². The van der Waals surface area contributed by atoms with Crippen molar-refractivity contribution in [3.05, 3.63) is 71.2 Å². The van der Waals surface area contributed by atoms with Gasteiger partial charge >= 0.3 is 0 Å². The van der Waals surface area contributed by atoms with Crippen LogP contribution in [0.5, 0.6) is 10.9 Å². The van der Waals surface area contributed by atoms with E-state index < -0.39 is 0 Å². The van der Waals surface area contributed by atoms with Gasteiger partial charge in [-0.2, -0.15) is 9.36 Å². The Morgan fingerprint density at radius 3 is 2.40 bits per heavy atom. The van der Waals surface area contributed by atoms with E-state index in [9.17, 15) is 4.79 Å². The first-order chi connectivity index (χ1) is 14.4. The van der Waals surface area contributed by atoms with E-state index in [4.69, 9.17) is 4.74 Å². The number of carbonyl (C=O) groups excluding carboxylic acids is 1. The molecule has 2 aromatic carbocycles. The second-order valence-corrected chi connectivity index (χ2v) is 9.24. The van der Waals surface area contributed by atoms with E-state index in [2.05, 4.69) is 52.6 Å². The number of hydrogen-bond donors (Lipinski definition) is 1. The first-order valence-corrected chi connectivity index (χ1v) is 11.0. The topological polar surface area (TPSA) is 77.0 Å². The number of nitrogens with zero attached hydrogens (tertiary/aromatic N) is 3. The number of aromatic nitrogens is 3. The molecular formula is C22H20N4O2S2. The summed E-state index contributed by atoms with van der Waals surface area (Å²) in [6, 6.07) is 15.1. The summed E-state index contributed by atoms with van der Waals surface area (Å²) in [4.78, 5) is 21.0. The van der Waals surface area contributed by atoms with Crippen molar-refractivity contribution in [1.82, 2.24) is 14.3 Å². The van der Waals surface area contributed by atoms with Crippen molar-refractivity contribution in [2.75, 3.05) is 5.32 Å². The fourth-order valence-corrected chi connectivity index (χ4v) is 3.85. The predicted molar refractivity (Wildman–Crippen MR) is 121 cm³/mol. The maximum Gasteiger partial charge on any atom is 0.278 e. The number of hydrogen-bond acceptors (Lipinski definition) is 7. The Bertz CT molecular complexity index is 1130. The van der Waals surface area contributed by atoms with Crippen molar-refractivity contribution in [3.63, 3.8) is 0 Å². The quantitative estimate of drug-likeness (QED) is 0.415. The van der Waals surface area contributed by atoms with Crippen molar-refractivity contribution < 1.29 is 9.53 Å². The second kappa shape index (κ2) is 8.33. The predicted octanol–water partition coefficient (Wildman–Crippen LogP) is 6.00. The average Bonchev–Trinajstić information content (AvgIpc) is 3.40. The van der Waals surface area contributed by atoms with Gasteiger partial charge in [0.25, 0.3) is 11.1 Å². The molecular weight excluding hydrogens is 416 g/mol.